The van der Waals surface area contributed by atoms with E-state index < -0.39 is 0 Å². The summed E-state index contributed by atoms with van der Waals surface area (Å²) in [6.45, 7) is 1.75. The van der Waals surface area contributed by atoms with Gasteiger partial charge in [-0.3, -0.25) is 4.79 Å². The van der Waals surface area contributed by atoms with Gasteiger partial charge in [0, 0.05) is 18.7 Å². The summed E-state index contributed by atoms with van der Waals surface area (Å²) >= 11 is 0. The number of aromatic nitrogens is 1. The zero-order valence-electron chi connectivity index (χ0n) is 11.4. The van der Waals surface area contributed by atoms with Gasteiger partial charge in [-0.15, -0.1) is 0 Å². The van der Waals surface area contributed by atoms with Crippen LogP contribution >= 0.6 is 0 Å². The average Bonchev–Trinajstić information content (AvgIpc) is 2.97. The number of hydrogen-bond acceptors (Lipinski definition) is 3. The largest absolute Gasteiger partial charge is 0.444 e. The molecule has 0 unspecified atom stereocenters. The van der Waals surface area contributed by atoms with Gasteiger partial charge in [-0.2, -0.15) is 0 Å². The minimum Gasteiger partial charge on any atom is -0.444 e. The van der Waals surface area contributed by atoms with Crippen LogP contribution in [-0.4, -0.2) is 28.9 Å². The molecule has 2 aromatic rings. The number of carbonyl (C=O) groups excluding carboxylic acids is 1. The van der Waals surface area contributed by atoms with Gasteiger partial charge >= 0.3 is 0 Å². The van der Waals surface area contributed by atoms with E-state index >= 15 is 0 Å². The fourth-order valence-corrected chi connectivity index (χ4v) is 2.51. The lowest BCUT2D eigenvalue weighted by Crippen LogP contribution is -2.36. The Morgan fingerprint density at radius 2 is 1.90 bits per heavy atom. The fraction of sp³-hybridized carbons (Fsp3) is 0.375. The Labute approximate surface area is 118 Å². The topological polar surface area (TPSA) is 46.3 Å². The molecule has 3 rings (SSSR count). The van der Waals surface area contributed by atoms with Gasteiger partial charge < -0.3 is 9.32 Å². The molecule has 20 heavy (non-hydrogen) atoms. The summed E-state index contributed by atoms with van der Waals surface area (Å²) in [7, 11) is 0. The number of benzene rings is 1. The molecule has 1 saturated heterocycles. The van der Waals surface area contributed by atoms with Gasteiger partial charge in [0.05, 0.1) is 12.1 Å². The van der Waals surface area contributed by atoms with E-state index in [0.717, 1.165) is 31.5 Å². The predicted molar refractivity (Wildman–Crippen MR) is 76.1 cm³/mol. The summed E-state index contributed by atoms with van der Waals surface area (Å²) in [5, 5.41) is 0. The molecule has 0 N–H and O–H groups in total. The number of piperidine rings is 1. The van der Waals surface area contributed by atoms with Crippen molar-refractivity contribution in [3.05, 3.63) is 42.3 Å². The first-order valence-corrected chi connectivity index (χ1v) is 7.10. The van der Waals surface area contributed by atoms with Crippen LogP contribution in [0.1, 0.15) is 25.0 Å². The van der Waals surface area contributed by atoms with Crippen LogP contribution in [0.25, 0.3) is 11.5 Å². The highest BCUT2D eigenvalue weighted by atomic mass is 16.3. The van der Waals surface area contributed by atoms with Crippen LogP contribution in [0, 0.1) is 0 Å². The number of carbonyl (C=O) groups is 1. The van der Waals surface area contributed by atoms with Crippen molar-refractivity contribution in [2.75, 3.05) is 13.1 Å². The minimum absolute atomic E-state index is 0.151. The Hall–Kier alpha value is -2.10. The van der Waals surface area contributed by atoms with E-state index in [1.165, 1.54) is 6.42 Å². The molecule has 1 aliphatic heterocycles. The summed E-state index contributed by atoms with van der Waals surface area (Å²) in [6, 6.07) is 9.73. The van der Waals surface area contributed by atoms with Crippen LogP contribution in [0.15, 0.2) is 41.0 Å². The van der Waals surface area contributed by atoms with Gasteiger partial charge in [0.1, 0.15) is 6.26 Å². The summed E-state index contributed by atoms with van der Waals surface area (Å²) in [4.78, 5) is 18.5. The van der Waals surface area contributed by atoms with Gasteiger partial charge in [-0.25, -0.2) is 4.98 Å². The quantitative estimate of drug-likeness (QED) is 0.861. The maximum atomic E-state index is 12.2. The SMILES string of the molecule is O=C(Cc1coc(-c2ccccc2)n1)N1CCCCC1. The first kappa shape index (κ1) is 12.9. The van der Waals surface area contributed by atoms with Crippen molar-refractivity contribution >= 4 is 5.91 Å². The number of rotatable bonds is 3. The maximum absolute atomic E-state index is 12.2. The molecule has 1 amide bonds. The number of nitrogens with zero attached hydrogens (tertiary/aromatic N) is 2. The molecule has 0 atom stereocenters. The lowest BCUT2D eigenvalue weighted by Gasteiger charge is -2.26. The van der Waals surface area contributed by atoms with E-state index in [4.69, 9.17) is 4.42 Å². The molecule has 0 bridgehead atoms. The predicted octanol–water partition coefficient (Wildman–Crippen LogP) is 2.90. The van der Waals surface area contributed by atoms with Crippen LogP contribution in [-0.2, 0) is 11.2 Å². The average molecular weight is 270 g/mol. The summed E-state index contributed by atoms with van der Waals surface area (Å²) in [5.41, 5.74) is 1.64. The monoisotopic (exact) mass is 270 g/mol. The van der Waals surface area contributed by atoms with Crippen molar-refractivity contribution in [3.63, 3.8) is 0 Å². The van der Waals surface area contributed by atoms with E-state index in [1.54, 1.807) is 6.26 Å². The zero-order valence-corrected chi connectivity index (χ0v) is 11.4. The molecule has 4 heteroatoms. The first-order chi connectivity index (χ1) is 9.83. The van der Waals surface area contributed by atoms with Crippen LogP contribution in [0.3, 0.4) is 0 Å². The van der Waals surface area contributed by atoms with E-state index in [1.807, 2.05) is 35.2 Å². The van der Waals surface area contributed by atoms with Crippen molar-refractivity contribution < 1.29 is 9.21 Å². The van der Waals surface area contributed by atoms with Crippen molar-refractivity contribution in [1.82, 2.24) is 9.88 Å². The molecular formula is C16H18N2O2. The third-order valence-corrected chi connectivity index (χ3v) is 3.61. The van der Waals surface area contributed by atoms with Crippen molar-refractivity contribution in [2.45, 2.75) is 25.7 Å². The maximum Gasteiger partial charge on any atom is 0.228 e. The van der Waals surface area contributed by atoms with Crippen LogP contribution in [0.2, 0.25) is 0 Å². The highest BCUT2D eigenvalue weighted by molar-refractivity contribution is 5.78. The summed E-state index contributed by atoms with van der Waals surface area (Å²) < 4.78 is 5.46. The molecule has 1 fully saturated rings. The molecule has 4 nitrogen and oxygen atoms in total. The summed E-state index contributed by atoms with van der Waals surface area (Å²) in [5.74, 6) is 0.727. The molecule has 0 aliphatic carbocycles. The molecule has 0 radical (unpaired) electrons. The molecular weight excluding hydrogens is 252 g/mol. The van der Waals surface area contributed by atoms with E-state index in [9.17, 15) is 4.79 Å². The lowest BCUT2D eigenvalue weighted by molar-refractivity contribution is -0.131. The Morgan fingerprint density at radius 1 is 1.15 bits per heavy atom. The number of amides is 1. The third kappa shape index (κ3) is 2.90. The standard InChI is InChI=1S/C16H18N2O2/c19-15(18-9-5-2-6-10-18)11-14-12-20-16(17-14)13-7-3-1-4-8-13/h1,3-4,7-8,12H,2,5-6,9-11H2. The molecule has 0 spiro atoms. The normalized spacial score (nSPS) is 15.3. The van der Waals surface area contributed by atoms with Gasteiger partial charge in [0.25, 0.3) is 0 Å². The first-order valence-electron chi connectivity index (χ1n) is 7.10. The Bertz CT molecular complexity index is 571. The molecule has 0 saturated carbocycles. The smallest absolute Gasteiger partial charge is 0.228 e. The second-order valence-corrected chi connectivity index (χ2v) is 5.13. The van der Waals surface area contributed by atoms with Crippen LogP contribution in [0.5, 0.6) is 0 Å². The van der Waals surface area contributed by atoms with E-state index in [2.05, 4.69) is 4.98 Å². The molecule has 1 aromatic heterocycles. The number of likely N-dealkylation sites (tertiary alicyclic amines) is 1. The number of hydrogen-bond donors (Lipinski definition) is 0. The van der Waals surface area contributed by atoms with Crippen molar-refractivity contribution in [3.8, 4) is 11.5 Å². The molecule has 104 valence electrons. The van der Waals surface area contributed by atoms with Crippen molar-refractivity contribution in [1.29, 1.82) is 0 Å². The highest BCUT2D eigenvalue weighted by Crippen LogP contribution is 2.18. The molecule has 1 aliphatic rings. The Balaban J connectivity index is 1.66. The summed E-state index contributed by atoms with van der Waals surface area (Å²) in [6.07, 6.45) is 5.37. The minimum atomic E-state index is 0.151. The highest BCUT2D eigenvalue weighted by Gasteiger charge is 2.18. The second-order valence-electron chi connectivity index (χ2n) is 5.13. The van der Waals surface area contributed by atoms with Crippen molar-refractivity contribution in [2.24, 2.45) is 0 Å². The van der Waals surface area contributed by atoms with Gasteiger partial charge in [-0.1, -0.05) is 18.2 Å². The lowest BCUT2D eigenvalue weighted by atomic mass is 10.1. The zero-order chi connectivity index (χ0) is 13.8. The van der Waals surface area contributed by atoms with E-state index in [0.29, 0.717) is 18.0 Å². The van der Waals surface area contributed by atoms with Gasteiger partial charge in [0.15, 0.2) is 0 Å². The van der Waals surface area contributed by atoms with Gasteiger partial charge in [-0.05, 0) is 31.4 Å². The van der Waals surface area contributed by atoms with Crippen LogP contribution < -0.4 is 0 Å². The molecule has 1 aromatic carbocycles. The third-order valence-electron chi connectivity index (χ3n) is 3.61. The Kier molecular flexibility index (Phi) is 3.81. The van der Waals surface area contributed by atoms with E-state index in [-0.39, 0.29) is 5.91 Å². The van der Waals surface area contributed by atoms with Crippen LogP contribution in [0.4, 0.5) is 0 Å². The van der Waals surface area contributed by atoms with Gasteiger partial charge in [0.2, 0.25) is 11.8 Å². The Morgan fingerprint density at radius 3 is 2.65 bits per heavy atom. The second kappa shape index (κ2) is 5.90. The molecule has 2 heterocycles. The fourth-order valence-electron chi connectivity index (χ4n) is 2.51. The number of oxazole rings is 1.